The van der Waals surface area contributed by atoms with E-state index in [1.54, 1.807) is 0 Å². The zero-order chi connectivity index (χ0) is 17.9. The molecular weight excluding hydrogens is 356 g/mol. The van der Waals surface area contributed by atoms with Crippen molar-refractivity contribution >= 4 is 41.4 Å². The molecule has 2 rings (SSSR count). The summed E-state index contributed by atoms with van der Waals surface area (Å²) in [5, 5.41) is 9.81. The molecule has 126 valence electrons. The Balaban J connectivity index is 2.67. The van der Waals surface area contributed by atoms with Gasteiger partial charge in [-0.25, -0.2) is 4.79 Å². The fraction of sp³-hybridized carbons (Fsp3) is 0.133. The summed E-state index contributed by atoms with van der Waals surface area (Å²) < 4.78 is 9.83. The number of carbonyl (C=O) groups is 1. The lowest BCUT2D eigenvalue weighted by atomic mass is 10.1. The smallest absolute Gasteiger partial charge is 0.339 e. The standard InChI is InChI=1S/C15H13ClN2O5S/c1-22-11-5-7(4-9(16)13(11)20)3-8(14(21)23-2)10-6-12(19)18-15(24)17-10/h3-6,20H,1-2H3,(H2,17,18,19,24)/b8-3-. The van der Waals surface area contributed by atoms with E-state index in [1.807, 2.05) is 0 Å². The molecule has 2 aromatic rings. The van der Waals surface area contributed by atoms with Crippen molar-refractivity contribution in [2.75, 3.05) is 14.2 Å². The van der Waals surface area contributed by atoms with Gasteiger partial charge in [-0.3, -0.25) is 9.78 Å². The van der Waals surface area contributed by atoms with E-state index in [0.717, 1.165) is 0 Å². The van der Waals surface area contributed by atoms with Crippen molar-refractivity contribution < 1.29 is 19.4 Å². The number of H-pyrrole nitrogens is 2. The topological polar surface area (TPSA) is 104 Å². The van der Waals surface area contributed by atoms with Crippen molar-refractivity contribution in [3.05, 3.63) is 49.6 Å². The van der Waals surface area contributed by atoms with Crippen LogP contribution < -0.4 is 10.3 Å². The van der Waals surface area contributed by atoms with Crippen LogP contribution in [0.2, 0.25) is 5.02 Å². The number of halogens is 1. The molecule has 1 heterocycles. The van der Waals surface area contributed by atoms with Crippen molar-refractivity contribution in [3.63, 3.8) is 0 Å². The lowest BCUT2D eigenvalue weighted by Crippen LogP contribution is -2.12. The quantitative estimate of drug-likeness (QED) is 0.435. The summed E-state index contributed by atoms with van der Waals surface area (Å²) in [7, 11) is 2.58. The molecule has 0 fully saturated rings. The van der Waals surface area contributed by atoms with Gasteiger partial charge in [0.2, 0.25) is 0 Å². The van der Waals surface area contributed by atoms with Gasteiger partial charge in [0, 0.05) is 6.07 Å². The molecule has 3 N–H and O–H groups in total. The minimum absolute atomic E-state index is 0.0451. The van der Waals surface area contributed by atoms with Crippen molar-refractivity contribution in [2.45, 2.75) is 0 Å². The van der Waals surface area contributed by atoms with Crippen LogP contribution in [-0.4, -0.2) is 35.3 Å². The van der Waals surface area contributed by atoms with E-state index in [2.05, 4.69) is 9.97 Å². The maximum absolute atomic E-state index is 12.1. The highest BCUT2D eigenvalue weighted by molar-refractivity contribution is 7.71. The minimum atomic E-state index is -0.686. The molecule has 24 heavy (non-hydrogen) atoms. The van der Waals surface area contributed by atoms with Crippen LogP contribution in [0.3, 0.4) is 0 Å². The monoisotopic (exact) mass is 368 g/mol. The summed E-state index contributed by atoms with van der Waals surface area (Å²) in [6.07, 6.45) is 1.43. The maximum Gasteiger partial charge on any atom is 0.339 e. The Labute approximate surface area is 146 Å². The summed E-state index contributed by atoms with van der Waals surface area (Å²) in [6.45, 7) is 0. The van der Waals surface area contributed by atoms with E-state index in [0.29, 0.717) is 5.56 Å². The maximum atomic E-state index is 12.1. The highest BCUT2D eigenvalue weighted by Crippen LogP contribution is 2.36. The number of aromatic nitrogens is 2. The molecule has 0 aliphatic rings. The lowest BCUT2D eigenvalue weighted by Gasteiger charge is -2.09. The molecule has 9 heteroatoms. The highest BCUT2D eigenvalue weighted by atomic mass is 35.5. The van der Waals surface area contributed by atoms with E-state index in [9.17, 15) is 14.7 Å². The third-order valence-electron chi connectivity index (χ3n) is 3.04. The van der Waals surface area contributed by atoms with Gasteiger partial charge in [-0.05, 0) is 36.0 Å². The van der Waals surface area contributed by atoms with Gasteiger partial charge in [0.25, 0.3) is 5.56 Å². The van der Waals surface area contributed by atoms with Gasteiger partial charge in [-0.1, -0.05) is 11.6 Å². The van der Waals surface area contributed by atoms with Crippen molar-refractivity contribution in [3.8, 4) is 11.5 Å². The molecule has 0 radical (unpaired) electrons. The van der Waals surface area contributed by atoms with Crippen molar-refractivity contribution in [2.24, 2.45) is 0 Å². The Morgan fingerprint density at radius 3 is 2.58 bits per heavy atom. The van der Waals surface area contributed by atoms with Gasteiger partial charge in [0.1, 0.15) is 0 Å². The number of aromatic hydroxyl groups is 1. The Morgan fingerprint density at radius 2 is 2.00 bits per heavy atom. The number of ether oxygens (including phenoxy) is 2. The van der Waals surface area contributed by atoms with Crippen LogP contribution in [0.5, 0.6) is 11.5 Å². The first kappa shape index (κ1) is 17.8. The number of rotatable bonds is 4. The number of phenols is 1. The molecule has 1 aromatic heterocycles. The molecular formula is C15H13ClN2O5S. The van der Waals surface area contributed by atoms with Crippen LogP contribution in [0, 0.1) is 4.77 Å². The summed E-state index contributed by atoms with van der Waals surface area (Å²) in [5.41, 5.74) is 0.219. The predicted octanol–water partition coefficient (Wildman–Crippen LogP) is 2.51. The molecule has 0 unspecified atom stereocenters. The summed E-state index contributed by atoms with van der Waals surface area (Å²) in [5.74, 6) is -0.766. The third-order valence-corrected chi connectivity index (χ3v) is 3.53. The zero-order valence-corrected chi connectivity index (χ0v) is 14.2. The van der Waals surface area contributed by atoms with Gasteiger partial charge >= 0.3 is 5.97 Å². The van der Waals surface area contributed by atoms with Crippen molar-refractivity contribution in [1.29, 1.82) is 0 Å². The van der Waals surface area contributed by atoms with E-state index >= 15 is 0 Å². The molecule has 1 aromatic carbocycles. The Hall–Kier alpha value is -2.58. The fourth-order valence-electron chi connectivity index (χ4n) is 1.97. The Morgan fingerprint density at radius 1 is 1.29 bits per heavy atom. The van der Waals surface area contributed by atoms with E-state index in [1.165, 1.54) is 38.5 Å². The first-order valence-corrected chi connectivity index (χ1v) is 7.35. The molecule has 0 spiro atoms. The Kier molecular flexibility index (Phi) is 5.42. The number of carbonyl (C=O) groups excluding carboxylic acids is 1. The summed E-state index contributed by atoms with van der Waals surface area (Å²) in [6, 6.07) is 4.09. The number of benzene rings is 1. The molecule has 0 bridgehead atoms. The SMILES string of the molecule is COC(=O)/C(=C\c1cc(Cl)c(O)c(OC)c1)c1cc(=O)[nH]c(=S)[nH]1. The molecule has 0 saturated heterocycles. The zero-order valence-electron chi connectivity index (χ0n) is 12.7. The van der Waals surface area contributed by atoms with Crippen LogP contribution in [-0.2, 0) is 9.53 Å². The average molecular weight is 369 g/mol. The first-order valence-electron chi connectivity index (χ1n) is 6.56. The molecule has 0 aliphatic carbocycles. The van der Waals surface area contributed by atoms with Crippen LogP contribution in [0.1, 0.15) is 11.3 Å². The minimum Gasteiger partial charge on any atom is -0.503 e. The number of hydrogen-bond donors (Lipinski definition) is 3. The number of nitrogens with one attached hydrogen (secondary N) is 2. The second-order valence-corrected chi connectivity index (χ2v) is 5.42. The molecule has 0 atom stereocenters. The van der Waals surface area contributed by atoms with Crippen LogP contribution in [0.15, 0.2) is 23.0 Å². The summed E-state index contributed by atoms with van der Waals surface area (Å²) >= 11 is 10.8. The highest BCUT2D eigenvalue weighted by Gasteiger charge is 2.16. The number of esters is 1. The van der Waals surface area contributed by atoms with Gasteiger partial charge < -0.3 is 19.6 Å². The fourth-order valence-corrected chi connectivity index (χ4v) is 2.40. The van der Waals surface area contributed by atoms with E-state index < -0.39 is 11.5 Å². The Bertz CT molecular complexity index is 904. The lowest BCUT2D eigenvalue weighted by molar-refractivity contribution is -0.133. The average Bonchev–Trinajstić information content (AvgIpc) is 2.53. The van der Waals surface area contributed by atoms with E-state index in [4.69, 9.17) is 33.3 Å². The predicted molar refractivity (Wildman–Crippen MR) is 91.8 cm³/mol. The van der Waals surface area contributed by atoms with E-state index in [-0.39, 0.29) is 32.6 Å². The number of methoxy groups -OCH3 is 2. The number of phenolic OH excluding ortho intramolecular Hbond substituents is 1. The number of hydrogen-bond acceptors (Lipinski definition) is 6. The molecule has 0 saturated carbocycles. The third kappa shape index (κ3) is 3.84. The second kappa shape index (κ2) is 7.33. The molecule has 7 nitrogen and oxygen atoms in total. The van der Waals surface area contributed by atoms with Gasteiger partial charge in [0.15, 0.2) is 16.3 Å². The normalized spacial score (nSPS) is 11.2. The molecule has 0 aliphatic heterocycles. The van der Waals surface area contributed by atoms with Crippen LogP contribution in [0.4, 0.5) is 0 Å². The largest absolute Gasteiger partial charge is 0.503 e. The first-order chi connectivity index (χ1) is 11.3. The van der Waals surface area contributed by atoms with Crippen LogP contribution >= 0.6 is 23.8 Å². The summed E-state index contributed by atoms with van der Waals surface area (Å²) in [4.78, 5) is 28.7. The molecule has 0 amide bonds. The van der Waals surface area contributed by atoms with Gasteiger partial charge in [-0.2, -0.15) is 0 Å². The van der Waals surface area contributed by atoms with Crippen molar-refractivity contribution in [1.82, 2.24) is 9.97 Å². The second-order valence-electron chi connectivity index (χ2n) is 4.60. The van der Waals surface area contributed by atoms with Gasteiger partial charge in [-0.15, -0.1) is 0 Å². The van der Waals surface area contributed by atoms with Gasteiger partial charge in [0.05, 0.1) is 30.5 Å². The number of aromatic amines is 2. The van der Waals surface area contributed by atoms with Crippen LogP contribution in [0.25, 0.3) is 11.6 Å².